The molecular weight excluding hydrogens is 528 g/mol. The number of hydrogen-bond acceptors (Lipinski definition) is 1. The van der Waals surface area contributed by atoms with Crippen LogP contribution < -0.4 is 5.43 Å². The Morgan fingerprint density at radius 1 is 0.917 bits per heavy atom. The molecule has 1 saturated heterocycles. The van der Waals surface area contributed by atoms with Gasteiger partial charge in [0.1, 0.15) is 0 Å². The van der Waals surface area contributed by atoms with Crippen molar-refractivity contribution >= 4 is 0 Å². The van der Waals surface area contributed by atoms with Crippen LogP contribution in [0.5, 0.6) is 0 Å². The van der Waals surface area contributed by atoms with Gasteiger partial charge in [0, 0.05) is 42.1 Å². The van der Waals surface area contributed by atoms with E-state index >= 15 is 0 Å². The molecule has 0 radical (unpaired) electrons. The predicted octanol–water partition coefficient (Wildman–Crippen LogP) is 2.21. The first kappa shape index (κ1) is 51.7. The van der Waals surface area contributed by atoms with Crippen molar-refractivity contribution in [2.75, 3.05) is 13.1 Å². The van der Waals surface area contributed by atoms with E-state index in [0.29, 0.717) is 0 Å². The molecule has 1 fully saturated rings. The van der Waals surface area contributed by atoms with Gasteiger partial charge in [-0.1, -0.05) is 0 Å². The average Bonchev–Trinajstić information content (AvgIpc) is 1.76. The maximum Gasteiger partial charge on any atom is 0 e. The van der Waals surface area contributed by atoms with Gasteiger partial charge in [0.2, 0.25) is 0 Å². The van der Waals surface area contributed by atoms with Crippen molar-refractivity contribution in [1.82, 2.24) is 5.43 Å². The molecule has 0 bridgehead atoms. The minimum Gasteiger partial charge on any atom is -0.796 e. The van der Waals surface area contributed by atoms with Crippen molar-refractivity contribution in [3.63, 3.8) is 0 Å². The summed E-state index contributed by atoms with van der Waals surface area (Å²) in [7, 11) is 0. The molecule has 0 spiro atoms. The zero-order valence-corrected chi connectivity index (χ0v) is 10.8. The van der Waals surface area contributed by atoms with E-state index in [1.54, 1.807) is 0 Å². The Hall–Kier alpha value is 1.06. The van der Waals surface area contributed by atoms with E-state index in [0.717, 1.165) is 13.1 Å². The summed E-state index contributed by atoms with van der Waals surface area (Å²) in [6.45, 7) is 1.76. The molecule has 0 aliphatic carbocycles. The Kier molecular flexibility index (Phi) is 173. The Bertz CT molecular complexity index is 31.0. The zero-order valence-electron chi connectivity index (χ0n) is 6.25. The first-order valence-corrected chi connectivity index (χ1v) is 1.59. The largest absolute Gasteiger partial charge is 0.796 e. The summed E-state index contributed by atoms with van der Waals surface area (Å²) < 4.78 is 0. The van der Waals surface area contributed by atoms with Gasteiger partial charge in [-0.2, -0.15) is 6.54 Å². The van der Waals surface area contributed by atoms with Crippen molar-refractivity contribution in [3.8, 4) is 0 Å². The van der Waals surface area contributed by atoms with Crippen molar-refractivity contribution in [2.45, 2.75) is 0 Å². The smallest absolute Gasteiger partial charge is 0 e. The van der Waals surface area contributed by atoms with Gasteiger partial charge in [-0.3, -0.25) is 0 Å². The Balaban J connectivity index is -0.00000000714. The maximum absolute atomic E-state index is 3.60. The van der Waals surface area contributed by atoms with E-state index < -0.39 is 0 Å². The van der Waals surface area contributed by atoms with E-state index in [9.17, 15) is 0 Å². The molecule has 11 N–H and O–H groups in total. The molecule has 90 valence electrons. The molecule has 1 aliphatic heterocycles. The van der Waals surface area contributed by atoms with Crippen molar-refractivity contribution in [3.05, 3.63) is 35.6 Å². The van der Waals surface area contributed by atoms with E-state index in [4.69, 9.17) is 0 Å². The van der Waals surface area contributed by atoms with E-state index in [-0.39, 0.29) is 72.2 Å². The molecule has 1 heterocycles. The van der Waals surface area contributed by atoms with Crippen LogP contribution in [-0.4, -0.2) is 18.6 Å². The molecule has 0 amide bonds. The van der Waals surface area contributed by atoms with Crippen molar-refractivity contribution in [1.29, 1.82) is 0 Å². The minimum atomic E-state index is 0. The first-order valence-electron chi connectivity index (χ1n) is 1.59. The number of hydrogen-bond donors (Lipinski definition) is 1. The second-order valence-electron chi connectivity index (χ2n) is 0.873. The SMILES string of the molecule is C1CN[N-][N-]1.O.[NH2-].[NH2-].[NH2-].[NH2-].[Pt].[Pt]. The topological polar surface area (TPSA) is 206 Å². The van der Waals surface area contributed by atoms with Gasteiger partial charge in [-0.05, 0) is 6.54 Å². The molecule has 10 heteroatoms. The van der Waals surface area contributed by atoms with Crippen LogP contribution >= 0.6 is 0 Å². The Morgan fingerprint density at radius 2 is 1.33 bits per heavy atom. The second kappa shape index (κ2) is 40.2. The van der Waals surface area contributed by atoms with Crippen LogP contribution in [0, 0.1) is 0 Å². The summed E-state index contributed by atoms with van der Waals surface area (Å²) in [6.07, 6.45) is 0. The summed E-state index contributed by atoms with van der Waals surface area (Å²) in [5.74, 6) is 0. The van der Waals surface area contributed by atoms with Crippen LogP contribution in [0.2, 0.25) is 0 Å². The normalized spacial score (nSPS) is 10.0. The van der Waals surface area contributed by atoms with Crippen LogP contribution in [0.1, 0.15) is 0 Å². The molecule has 0 atom stereocenters. The monoisotopic (exact) mass is 543 g/mol. The van der Waals surface area contributed by atoms with E-state index in [1.165, 1.54) is 0 Å². The molecule has 1 rings (SSSR count). The molecular formula is C2H15N7OPt2-6. The van der Waals surface area contributed by atoms with Crippen molar-refractivity contribution < 1.29 is 47.6 Å². The quantitative estimate of drug-likeness (QED) is 0.479. The number of nitrogens with two attached hydrogens (primary N) is 4. The number of rotatable bonds is 0. The molecule has 0 aromatic carbocycles. The fraction of sp³-hybridized carbons (Fsp3) is 1.00. The fourth-order valence-electron chi connectivity index (χ4n) is 0.250. The minimum absolute atomic E-state index is 0. The van der Waals surface area contributed by atoms with Gasteiger partial charge in [0.25, 0.3) is 0 Å². The molecule has 12 heavy (non-hydrogen) atoms. The first-order chi connectivity index (χ1) is 2.50. The summed E-state index contributed by atoms with van der Waals surface area (Å²) >= 11 is 0. The third-order valence-electron chi connectivity index (χ3n) is 0.465. The number of nitrogens with zero attached hydrogens (tertiary/aromatic N) is 2. The summed E-state index contributed by atoms with van der Waals surface area (Å²) in [4.78, 5) is 0. The molecule has 0 aromatic rings. The Labute approximate surface area is 101 Å². The predicted molar refractivity (Wildman–Crippen MR) is 44.3 cm³/mol. The molecule has 0 unspecified atom stereocenters. The van der Waals surface area contributed by atoms with Crippen molar-refractivity contribution in [2.24, 2.45) is 0 Å². The third-order valence-corrected chi connectivity index (χ3v) is 0.465. The summed E-state index contributed by atoms with van der Waals surface area (Å²) in [6, 6.07) is 0. The summed E-state index contributed by atoms with van der Waals surface area (Å²) in [5, 5.41) is 0. The van der Waals surface area contributed by atoms with Gasteiger partial charge < -0.3 is 46.5 Å². The van der Waals surface area contributed by atoms with Crippen LogP contribution in [0.3, 0.4) is 0 Å². The van der Waals surface area contributed by atoms with Gasteiger partial charge >= 0.3 is 0 Å². The molecule has 8 nitrogen and oxygen atoms in total. The van der Waals surface area contributed by atoms with Crippen LogP contribution in [0.4, 0.5) is 0 Å². The van der Waals surface area contributed by atoms with Gasteiger partial charge in [-0.25, -0.2) is 0 Å². The van der Waals surface area contributed by atoms with Gasteiger partial charge in [-0.15, -0.1) is 0 Å². The van der Waals surface area contributed by atoms with Crippen LogP contribution in [0.15, 0.2) is 0 Å². The van der Waals surface area contributed by atoms with Gasteiger partial charge in [0.15, 0.2) is 0 Å². The third kappa shape index (κ3) is 30.5. The Morgan fingerprint density at radius 3 is 1.42 bits per heavy atom. The molecule has 0 saturated carbocycles. The van der Waals surface area contributed by atoms with E-state index in [2.05, 4.69) is 16.4 Å². The maximum atomic E-state index is 3.60. The number of nitrogens with one attached hydrogen (secondary N) is 1. The fourth-order valence-corrected chi connectivity index (χ4v) is 0.250. The average molecular weight is 543 g/mol. The van der Waals surface area contributed by atoms with Crippen LogP contribution in [-0.2, 0) is 42.1 Å². The van der Waals surface area contributed by atoms with E-state index in [1.807, 2.05) is 0 Å². The molecule has 0 aromatic heterocycles. The summed E-state index contributed by atoms with van der Waals surface area (Å²) in [5.41, 5.74) is 9.74. The zero-order chi connectivity index (χ0) is 3.54. The standard InChI is InChI=1S/C2H5N3.4H2N.H2O.2Pt/c1-2-4-5-3-1;;;;;;;/h3H,1-2H2;5*1H2;;/q-2;4*-1;;;. The second-order valence-corrected chi connectivity index (χ2v) is 0.873. The van der Waals surface area contributed by atoms with Gasteiger partial charge in [0.05, 0.1) is 0 Å². The van der Waals surface area contributed by atoms with Crippen LogP contribution in [0.25, 0.3) is 35.6 Å². The molecule has 1 aliphatic rings.